The van der Waals surface area contributed by atoms with Crippen molar-refractivity contribution in [2.24, 2.45) is 0 Å². The predicted octanol–water partition coefficient (Wildman–Crippen LogP) is 4.16. The molecule has 1 N–H and O–H groups in total. The molecule has 1 aliphatic carbocycles. The van der Waals surface area contributed by atoms with E-state index in [9.17, 15) is 31.2 Å². The maximum atomic E-state index is 13.0. The predicted molar refractivity (Wildman–Crippen MR) is 104 cm³/mol. The second-order valence-electron chi connectivity index (χ2n) is 6.56. The highest BCUT2D eigenvalue weighted by Gasteiger charge is 2.35. The zero-order chi connectivity index (χ0) is 22.4. The van der Waals surface area contributed by atoms with Crippen LogP contribution in [0.1, 0.15) is 31.8 Å². The summed E-state index contributed by atoms with van der Waals surface area (Å²) in [6.07, 6.45) is -4.95. The van der Waals surface area contributed by atoms with Gasteiger partial charge < -0.3 is 4.74 Å². The van der Waals surface area contributed by atoms with Crippen molar-refractivity contribution >= 4 is 27.3 Å². The van der Waals surface area contributed by atoms with Crippen LogP contribution in [0.4, 0.5) is 18.9 Å². The Morgan fingerprint density at radius 2 is 1.39 bits per heavy atom. The number of ketones is 2. The number of hydrogen-bond donors (Lipinski definition) is 1. The van der Waals surface area contributed by atoms with Crippen molar-refractivity contribution in [3.8, 4) is 5.75 Å². The molecule has 0 heterocycles. The second kappa shape index (κ2) is 7.24. The number of hydrogen-bond acceptors (Lipinski definition) is 5. The number of fused-ring (bicyclic) bond motifs is 2. The first-order valence-electron chi connectivity index (χ1n) is 8.77. The van der Waals surface area contributed by atoms with Crippen molar-refractivity contribution in [3.63, 3.8) is 0 Å². The molecule has 0 aliphatic heterocycles. The van der Waals surface area contributed by atoms with Gasteiger partial charge in [-0.1, -0.05) is 42.5 Å². The summed E-state index contributed by atoms with van der Waals surface area (Å²) < 4.78 is 69.2. The number of ether oxygens (including phenoxy) is 1. The molecule has 0 fully saturated rings. The largest absolute Gasteiger partial charge is 0.573 e. The molecule has 0 radical (unpaired) electrons. The van der Waals surface area contributed by atoms with Crippen LogP contribution in [0.2, 0.25) is 0 Å². The van der Waals surface area contributed by atoms with Crippen LogP contribution in [-0.4, -0.2) is 26.3 Å². The van der Waals surface area contributed by atoms with Crippen LogP contribution in [0, 0.1) is 0 Å². The summed E-state index contributed by atoms with van der Waals surface area (Å²) >= 11 is 0. The number of anilines is 1. The highest BCUT2D eigenvalue weighted by molar-refractivity contribution is 7.92. The quantitative estimate of drug-likeness (QED) is 0.508. The van der Waals surface area contributed by atoms with E-state index in [1.54, 1.807) is 12.1 Å². The Balaban J connectivity index is 1.75. The van der Waals surface area contributed by atoms with Gasteiger partial charge in [0.1, 0.15) is 5.75 Å². The number of benzene rings is 3. The van der Waals surface area contributed by atoms with E-state index < -0.39 is 38.6 Å². The number of nitrogens with one attached hydrogen (secondary N) is 1. The lowest BCUT2D eigenvalue weighted by Gasteiger charge is -2.20. The van der Waals surface area contributed by atoms with Gasteiger partial charge in [0, 0.05) is 22.8 Å². The number of alkyl halides is 3. The fraction of sp³-hybridized carbons (Fsp3) is 0.0476. The van der Waals surface area contributed by atoms with E-state index >= 15 is 0 Å². The maximum Gasteiger partial charge on any atom is 0.573 e. The van der Waals surface area contributed by atoms with Crippen molar-refractivity contribution in [2.45, 2.75) is 11.3 Å². The fourth-order valence-electron chi connectivity index (χ4n) is 3.30. The summed E-state index contributed by atoms with van der Waals surface area (Å²) in [5.74, 6) is -1.76. The zero-order valence-corrected chi connectivity index (χ0v) is 16.3. The summed E-state index contributed by atoms with van der Waals surface area (Å²) in [6.45, 7) is 0. The molecule has 0 atom stereocenters. The van der Waals surface area contributed by atoms with Crippen LogP contribution >= 0.6 is 0 Å². The number of rotatable bonds is 4. The van der Waals surface area contributed by atoms with E-state index in [1.165, 1.54) is 36.4 Å². The van der Waals surface area contributed by atoms with E-state index in [2.05, 4.69) is 9.46 Å². The highest BCUT2D eigenvalue weighted by atomic mass is 32.2. The van der Waals surface area contributed by atoms with E-state index in [0.29, 0.717) is 0 Å². The summed E-state index contributed by atoms with van der Waals surface area (Å²) in [5.41, 5.74) is -0.334. The van der Waals surface area contributed by atoms with Gasteiger partial charge in [-0.3, -0.25) is 14.3 Å². The lowest BCUT2D eigenvalue weighted by molar-refractivity contribution is -0.274. The molecular formula is C21H12F3NO5S. The molecule has 3 aromatic carbocycles. The third kappa shape index (κ3) is 3.89. The summed E-state index contributed by atoms with van der Waals surface area (Å²) in [6, 6.07) is 14.1. The van der Waals surface area contributed by atoms with Gasteiger partial charge in [0.05, 0.1) is 16.1 Å². The van der Waals surface area contributed by atoms with Crippen molar-refractivity contribution in [1.29, 1.82) is 0 Å². The monoisotopic (exact) mass is 447 g/mol. The van der Waals surface area contributed by atoms with Crippen molar-refractivity contribution in [1.82, 2.24) is 0 Å². The first-order chi connectivity index (χ1) is 14.6. The van der Waals surface area contributed by atoms with Gasteiger partial charge in [0.2, 0.25) is 0 Å². The van der Waals surface area contributed by atoms with Gasteiger partial charge in [0.15, 0.2) is 11.6 Å². The fourth-order valence-corrected chi connectivity index (χ4v) is 4.58. The Kier molecular flexibility index (Phi) is 4.81. The van der Waals surface area contributed by atoms with E-state index in [1.807, 2.05) is 0 Å². The van der Waals surface area contributed by atoms with Crippen molar-refractivity contribution < 1.29 is 35.9 Å². The average Bonchev–Trinajstić information content (AvgIpc) is 2.70. The first-order valence-corrected chi connectivity index (χ1v) is 10.3. The van der Waals surface area contributed by atoms with Gasteiger partial charge in [-0.2, -0.15) is 0 Å². The normalized spacial score (nSPS) is 13.4. The van der Waals surface area contributed by atoms with E-state index in [-0.39, 0.29) is 27.9 Å². The zero-order valence-electron chi connectivity index (χ0n) is 15.4. The smallest absolute Gasteiger partial charge is 0.406 e. The van der Waals surface area contributed by atoms with Crippen LogP contribution in [0.15, 0.2) is 71.6 Å². The third-order valence-electron chi connectivity index (χ3n) is 4.52. The van der Waals surface area contributed by atoms with Crippen LogP contribution < -0.4 is 9.46 Å². The molecule has 0 saturated carbocycles. The molecule has 0 bridgehead atoms. The Bertz CT molecular complexity index is 1330. The van der Waals surface area contributed by atoms with Crippen LogP contribution in [-0.2, 0) is 10.0 Å². The molecule has 1 aliphatic rings. The molecule has 4 rings (SSSR count). The van der Waals surface area contributed by atoms with Gasteiger partial charge in [-0.15, -0.1) is 13.2 Å². The Morgan fingerprint density at radius 3 is 2.06 bits per heavy atom. The molecule has 0 spiro atoms. The standard InChI is InChI=1S/C21H12F3NO5S/c22-21(23,24)30-13-6-3-5-12(11-13)25-31(28,29)17-10-4-9-16-18(17)20(27)15-8-2-1-7-14(15)19(16)26/h1-11,25H. The number of carbonyl (C=O) groups is 2. The van der Waals surface area contributed by atoms with Crippen LogP contribution in [0.5, 0.6) is 5.75 Å². The molecule has 31 heavy (non-hydrogen) atoms. The summed E-state index contributed by atoms with van der Waals surface area (Å²) in [7, 11) is -4.43. The molecule has 3 aromatic rings. The third-order valence-corrected chi connectivity index (χ3v) is 5.95. The molecule has 0 aromatic heterocycles. The minimum absolute atomic E-state index is 0.0688. The van der Waals surface area contributed by atoms with Crippen molar-refractivity contribution in [2.75, 3.05) is 4.72 Å². The van der Waals surface area contributed by atoms with Gasteiger partial charge >= 0.3 is 6.36 Å². The topological polar surface area (TPSA) is 89.5 Å². The molecule has 6 nitrogen and oxygen atoms in total. The average molecular weight is 447 g/mol. The minimum atomic E-state index is -4.95. The highest BCUT2D eigenvalue weighted by Crippen LogP contribution is 2.33. The van der Waals surface area contributed by atoms with Crippen LogP contribution in [0.25, 0.3) is 0 Å². The SMILES string of the molecule is O=C1c2ccccc2C(=O)c2c1cccc2S(=O)(=O)Nc1cccc(OC(F)(F)F)c1. The van der Waals surface area contributed by atoms with Gasteiger partial charge in [-0.25, -0.2) is 8.42 Å². The molecule has 0 amide bonds. The Hall–Kier alpha value is -3.66. The number of sulfonamides is 1. The lowest BCUT2D eigenvalue weighted by Crippen LogP contribution is -2.25. The summed E-state index contributed by atoms with van der Waals surface area (Å²) in [5, 5.41) is 0. The Labute approximate surface area is 174 Å². The minimum Gasteiger partial charge on any atom is -0.406 e. The van der Waals surface area contributed by atoms with Gasteiger partial charge in [-0.05, 0) is 18.2 Å². The van der Waals surface area contributed by atoms with E-state index in [4.69, 9.17) is 0 Å². The first kappa shape index (κ1) is 20.6. The molecule has 0 saturated heterocycles. The molecule has 158 valence electrons. The van der Waals surface area contributed by atoms with Gasteiger partial charge in [0.25, 0.3) is 10.0 Å². The van der Waals surface area contributed by atoms with E-state index in [0.717, 1.165) is 18.2 Å². The molecule has 10 heteroatoms. The number of carbonyl (C=O) groups excluding carboxylic acids is 2. The van der Waals surface area contributed by atoms with Crippen LogP contribution in [0.3, 0.4) is 0 Å². The summed E-state index contributed by atoms with van der Waals surface area (Å²) in [4.78, 5) is 25.3. The second-order valence-corrected chi connectivity index (χ2v) is 8.21. The molecule has 0 unspecified atom stereocenters. The Morgan fingerprint density at radius 1 is 0.774 bits per heavy atom. The lowest BCUT2D eigenvalue weighted by atomic mass is 9.84. The number of halogens is 3. The maximum absolute atomic E-state index is 13.0. The van der Waals surface area contributed by atoms with Crippen molar-refractivity contribution in [3.05, 3.63) is 89.0 Å². The molecular weight excluding hydrogens is 435 g/mol.